The lowest BCUT2D eigenvalue weighted by atomic mass is 9.79. The quantitative estimate of drug-likeness (QED) is 0.656. The number of ether oxygens (including phenoxy) is 1. The number of benzene rings is 2. The van der Waals surface area contributed by atoms with Crippen molar-refractivity contribution < 1.29 is 9.53 Å². The highest BCUT2D eigenvalue weighted by Gasteiger charge is 2.36. The predicted molar refractivity (Wildman–Crippen MR) is 107 cm³/mol. The topological polar surface area (TPSA) is 79.0 Å². The lowest BCUT2D eigenvalue weighted by Crippen LogP contribution is -2.39. The number of hydrogen-bond donors (Lipinski definition) is 3. The molecule has 2 aliphatic heterocycles. The van der Waals surface area contributed by atoms with E-state index in [0.29, 0.717) is 13.1 Å². The number of aryl methyl sites for hydroxylation is 1. The first-order chi connectivity index (χ1) is 13.7. The Bertz CT molecular complexity index is 1080. The van der Waals surface area contributed by atoms with Gasteiger partial charge in [-0.1, -0.05) is 29.8 Å². The molecule has 0 fully saturated rings. The van der Waals surface area contributed by atoms with E-state index in [0.717, 1.165) is 39.7 Å². The second-order valence-electron chi connectivity index (χ2n) is 7.16. The number of fused-ring (bicyclic) bond motifs is 1. The van der Waals surface area contributed by atoms with Crippen LogP contribution in [0.4, 0.5) is 5.82 Å². The van der Waals surface area contributed by atoms with Gasteiger partial charge < -0.3 is 15.4 Å². The minimum Gasteiger partial charge on any atom is -0.457 e. The number of aromatic amines is 1. The number of anilines is 1. The standard InChI is InChI=1S/C22H20N4O2/c1-13-5-7-15(8-6-13)28-16-4-2-3-14(9-16)20-17-10-24-26-22(17)25-18-11-23-12-19(27)21(18)20/h2-10,20,23H,11-12H2,1H3,(H2,24,25,26). The van der Waals surface area contributed by atoms with Gasteiger partial charge in [0.25, 0.3) is 0 Å². The van der Waals surface area contributed by atoms with Crippen molar-refractivity contribution in [3.8, 4) is 11.5 Å². The normalized spacial score (nSPS) is 18.3. The van der Waals surface area contributed by atoms with E-state index < -0.39 is 0 Å². The fraction of sp³-hybridized carbons (Fsp3) is 0.182. The molecule has 0 amide bonds. The molecular formula is C22H20N4O2. The van der Waals surface area contributed by atoms with Crippen LogP contribution in [0.15, 0.2) is 66.0 Å². The fourth-order valence-electron chi connectivity index (χ4n) is 3.87. The van der Waals surface area contributed by atoms with Crippen molar-refractivity contribution in [2.24, 2.45) is 0 Å². The molecule has 0 saturated heterocycles. The summed E-state index contributed by atoms with van der Waals surface area (Å²) in [5.74, 6) is 2.31. The minimum atomic E-state index is -0.166. The molecule has 1 aromatic heterocycles. The number of aromatic nitrogens is 2. The van der Waals surface area contributed by atoms with Crippen LogP contribution >= 0.6 is 0 Å². The molecule has 2 aromatic carbocycles. The van der Waals surface area contributed by atoms with Crippen LogP contribution in [0.5, 0.6) is 11.5 Å². The molecule has 140 valence electrons. The van der Waals surface area contributed by atoms with Crippen molar-refractivity contribution in [3.05, 3.63) is 82.7 Å². The van der Waals surface area contributed by atoms with Gasteiger partial charge in [-0.3, -0.25) is 9.89 Å². The van der Waals surface area contributed by atoms with E-state index in [4.69, 9.17) is 4.74 Å². The smallest absolute Gasteiger partial charge is 0.175 e. The SMILES string of the molecule is Cc1ccc(Oc2cccc(C3C4=C(CNCC4=O)Nc4[nH]ncc43)c2)cc1. The maximum Gasteiger partial charge on any atom is 0.175 e. The van der Waals surface area contributed by atoms with Crippen molar-refractivity contribution in [2.45, 2.75) is 12.8 Å². The van der Waals surface area contributed by atoms with Gasteiger partial charge in [-0.15, -0.1) is 0 Å². The van der Waals surface area contributed by atoms with Gasteiger partial charge in [0.2, 0.25) is 0 Å². The molecule has 0 saturated carbocycles. The average Bonchev–Trinajstić information content (AvgIpc) is 3.17. The predicted octanol–water partition coefficient (Wildman–Crippen LogP) is 3.49. The van der Waals surface area contributed by atoms with Crippen LogP contribution in [0, 0.1) is 6.92 Å². The molecule has 6 heteroatoms. The zero-order chi connectivity index (χ0) is 19.1. The molecule has 0 bridgehead atoms. The highest BCUT2D eigenvalue weighted by atomic mass is 16.5. The summed E-state index contributed by atoms with van der Waals surface area (Å²) in [6.07, 6.45) is 1.79. The van der Waals surface area contributed by atoms with E-state index in [2.05, 4.69) is 20.8 Å². The minimum absolute atomic E-state index is 0.107. The summed E-state index contributed by atoms with van der Waals surface area (Å²) in [6.45, 7) is 3.03. The van der Waals surface area contributed by atoms with E-state index in [1.807, 2.05) is 55.5 Å². The van der Waals surface area contributed by atoms with Crippen molar-refractivity contribution in [1.82, 2.24) is 15.5 Å². The first-order valence-corrected chi connectivity index (χ1v) is 9.31. The van der Waals surface area contributed by atoms with Crippen LogP contribution in [-0.4, -0.2) is 29.1 Å². The van der Waals surface area contributed by atoms with Gasteiger partial charge in [-0.25, -0.2) is 0 Å². The second-order valence-corrected chi connectivity index (χ2v) is 7.16. The maximum atomic E-state index is 12.7. The largest absolute Gasteiger partial charge is 0.457 e. The summed E-state index contributed by atoms with van der Waals surface area (Å²) in [5, 5.41) is 13.6. The Morgan fingerprint density at radius 3 is 2.79 bits per heavy atom. The summed E-state index contributed by atoms with van der Waals surface area (Å²) in [4.78, 5) is 12.7. The number of Topliss-reactive ketones (excluding diaryl/α,β-unsaturated/α-hetero) is 1. The Morgan fingerprint density at radius 1 is 1.07 bits per heavy atom. The molecule has 1 unspecified atom stereocenters. The molecular weight excluding hydrogens is 352 g/mol. The summed E-state index contributed by atoms with van der Waals surface area (Å²) < 4.78 is 6.04. The monoisotopic (exact) mass is 372 g/mol. The van der Waals surface area contributed by atoms with Crippen LogP contribution in [0.2, 0.25) is 0 Å². The van der Waals surface area contributed by atoms with E-state index >= 15 is 0 Å². The highest BCUT2D eigenvalue weighted by Crippen LogP contribution is 2.42. The van der Waals surface area contributed by atoms with Gasteiger partial charge in [0.05, 0.1) is 12.7 Å². The van der Waals surface area contributed by atoms with Crippen LogP contribution in [-0.2, 0) is 4.79 Å². The maximum absolute atomic E-state index is 12.7. The molecule has 28 heavy (non-hydrogen) atoms. The number of ketones is 1. The van der Waals surface area contributed by atoms with Gasteiger partial charge in [0.15, 0.2) is 5.78 Å². The van der Waals surface area contributed by atoms with Gasteiger partial charge >= 0.3 is 0 Å². The zero-order valence-electron chi connectivity index (χ0n) is 15.5. The molecule has 1 atom stereocenters. The lowest BCUT2D eigenvalue weighted by molar-refractivity contribution is -0.115. The van der Waals surface area contributed by atoms with E-state index in [1.165, 1.54) is 5.56 Å². The van der Waals surface area contributed by atoms with Crippen molar-refractivity contribution in [2.75, 3.05) is 18.4 Å². The number of nitrogens with zero attached hydrogens (tertiary/aromatic N) is 1. The number of carbonyl (C=O) groups excluding carboxylic acids is 1. The zero-order valence-corrected chi connectivity index (χ0v) is 15.5. The Labute approximate surface area is 162 Å². The lowest BCUT2D eigenvalue weighted by Gasteiger charge is -2.32. The first kappa shape index (κ1) is 16.8. The summed E-state index contributed by atoms with van der Waals surface area (Å²) in [5.41, 5.74) is 4.88. The number of H-pyrrole nitrogens is 1. The summed E-state index contributed by atoms with van der Waals surface area (Å²) in [6, 6.07) is 15.9. The number of carbonyl (C=O) groups is 1. The number of rotatable bonds is 3. The third-order valence-corrected chi connectivity index (χ3v) is 5.21. The second kappa shape index (κ2) is 6.65. The van der Waals surface area contributed by atoms with Gasteiger partial charge in [0.1, 0.15) is 17.3 Å². The van der Waals surface area contributed by atoms with Crippen molar-refractivity contribution >= 4 is 11.6 Å². The molecule has 3 N–H and O–H groups in total. The van der Waals surface area contributed by atoms with E-state index in [1.54, 1.807) is 6.20 Å². The molecule has 0 spiro atoms. The highest BCUT2D eigenvalue weighted by molar-refractivity contribution is 6.02. The first-order valence-electron chi connectivity index (χ1n) is 9.31. The molecule has 3 heterocycles. The number of nitrogens with one attached hydrogen (secondary N) is 3. The molecule has 0 aliphatic carbocycles. The fourth-order valence-corrected chi connectivity index (χ4v) is 3.87. The molecule has 3 aromatic rings. The molecule has 6 nitrogen and oxygen atoms in total. The van der Waals surface area contributed by atoms with Crippen molar-refractivity contribution in [1.29, 1.82) is 0 Å². The van der Waals surface area contributed by atoms with Gasteiger partial charge in [-0.2, -0.15) is 5.10 Å². The average molecular weight is 372 g/mol. The Morgan fingerprint density at radius 2 is 1.93 bits per heavy atom. The molecule has 5 rings (SSSR count). The third-order valence-electron chi connectivity index (χ3n) is 5.21. The Hall–Kier alpha value is -3.38. The van der Waals surface area contributed by atoms with Crippen LogP contribution in [0.3, 0.4) is 0 Å². The molecule has 2 aliphatic rings. The van der Waals surface area contributed by atoms with Crippen LogP contribution < -0.4 is 15.4 Å². The summed E-state index contributed by atoms with van der Waals surface area (Å²) in [7, 11) is 0. The van der Waals surface area contributed by atoms with Gasteiger partial charge in [0, 0.05) is 29.3 Å². The van der Waals surface area contributed by atoms with Gasteiger partial charge in [-0.05, 0) is 36.8 Å². The van der Waals surface area contributed by atoms with Crippen LogP contribution in [0.1, 0.15) is 22.6 Å². The molecule has 0 radical (unpaired) electrons. The van der Waals surface area contributed by atoms with E-state index in [-0.39, 0.29) is 11.7 Å². The van der Waals surface area contributed by atoms with Crippen LogP contribution in [0.25, 0.3) is 0 Å². The Kier molecular flexibility index (Phi) is 3.98. The number of hydrogen-bond acceptors (Lipinski definition) is 5. The van der Waals surface area contributed by atoms with E-state index in [9.17, 15) is 4.79 Å². The summed E-state index contributed by atoms with van der Waals surface area (Å²) >= 11 is 0. The van der Waals surface area contributed by atoms with Crippen molar-refractivity contribution in [3.63, 3.8) is 0 Å². The Balaban J connectivity index is 1.55. The third kappa shape index (κ3) is 2.88.